The number of carbonyl (C=O) groups excluding carboxylic acids is 1. The smallest absolute Gasteiger partial charge is 0.251 e. The Bertz CT molecular complexity index is 1720. The zero-order valence-electron chi connectivity index (χ0n) is 23.4. The molecule has 1 aromatic heterocycles. The summed E-state index contributed by atoms with van der Waals surface area (Å²) in [6.45, 7) is 9.50. The van der Waals surface area contributed by atoms with E-state index in [1.807, 2.05) is 80.6 Å². The maximum absolute atomic E-state index is 13.2. The van der Waals surface area contributed by atoms with E-state index >= 15 is 0 Å². The van der Waals surface area contributed by atoms with Crippen molar-refractivity contribution in [1.29, 1.82) is 5.26 Å². The summed E-state index contributed by atoms with van der Waals surface area (Å²) in [6, 6.07) is 32.0. The Hall–Kier alpha value is -4.82. The van der Waals surface area contributed by atoms with Gasteiger partial charge in [-0.3, -0.25) is 4.79 Å². The first kappa shape index (κ1) is 26.8. The van der Waals surface area contributed by atoms with Gasteiger partial charge in [0.05, 0.1) is 24.3 Å². The fourth-order valence-corrected chi connectivity index (χ4v) is 5.20. The Morgan fingerprint density at radius 2 is 1.75 bits per heavy atom. The van der Waals surface area contributed by atoms with Gasteiger partial charge in [-0.25, -0.2) is 0 Å². The molecule has 0 saturated heterocycles. The van der Waals surface area contributed by atoms with Crippen molar-refractivity contribution in [2.24, 2.45) is 0 Å². The number of nitriles is 1. The minimum atomic E-state index is -0.154. The van der Waals surface area contributed by atoms with Gasteiger partial charge in [-0.05, 0) is 91.9 Å². The third kappa shape index (κ3) is 5.34. The number of amides is 1. The van der Waals surface area contributed by atoms with E-state index in [4.69, 9.17) is 4.74 Å². The molecule has 0 fully saturated rings. The standard InChI is InChI=1S/C35H33N3O2/c1-5-40-31-11-8-10-28(19-31)24(3)37-35(39)29-17-18-34-33(20-29)23(2)25(4)38(34)22-26-13-15-27(16-14-26)32-12-7-6-9-30(32)21-36/h6-20,24H,5,22H2,1-4H3,(H,37,39). The second kappa shape index (κ2) is 11.5. The monoisotopic (exact) mass is 527 g/mol. The first-order valence-electron chi connectivity index (χ1n) is 13.6. The first-order valence-corrected chi connectivity index (χ1v) is 13.6. The molecule has 1 unspecified atom stereocenters. The van der Waals surface area contributed by atoms with E-state index in [0.717, 1.165) is 39.9 Å². The average Bonchev–Trinajstić information content (AvgIpc) is 3.22. The number of nitrogens with zero attached hydrogens (tertiary/aromatic N) is 2. The van der Waals surface area contributed by atoms with Crippen LogP contribution >= 0.6 is 0 Å². The highest BCUT2D eigenvalue weighted by Crippen LogP contribution is 2.29. The van der Waals surface area contributed by atoms with Crippen LogP contribution in [0.15, 0.2) is 91.0 Å². The molecule has 1 atom stereocenters. The van der Waals surface area contributed by atoms with Crippen LogP contribution in [-0.4, -0.2) is 17.1 Å². The summed E-state index contributed by atoms with van der Waals surface area (Å²) in [4.78, 5) is 13.2. The summed E-state index contributed by atoms with van der Waals surface area (Å²) < 4.78 is 7.91. The molecule has 0 saturated carbocycles. The molecule has 1 heterocycles. The lowest BCUT2D eigenvalue weighted by Gasteiger charge is -2.16. The van der Waals surface area contributed by atoms with Gasteiger partial charge in [0.15, 0.2) is 0 Å². The number of nitrogens with one attached hydrogen (secondary N) is 1. The molecule has 5 nitrogen and oxygen atoms in total. The Kier molecular flexibility index (Phi) is 7.70. The third-order valence-electron chi connectivity index (χ3n) is 7.57. The zero-order valence-corrected chi connectivity index (χ0v) is 23.4. The number of carbonyl (C=O) groups is 1. The van der Waals surface area contributed by atoms with Crippen molar-refractivity contribution >= 4 is 16.8 Å². The Balaban J connectivity index is 1.36. The van der Waals surface area contributed by atoms with Gasteiger partial charge in [0, 0.05) is 28.7 Å². The SMILES string of the molecule is CCOc1cccc(C(C)NC(=O)c2ccc3c(c2)c(C)c(C)n3Cc2ccc(-c3ccccc3C#N)cc2)c1. The highest BCUT2D eigenvalue weighted by Gasteiger charge is 2.17. The molecule has 1 N–H and O–H groups in total. The van der Waals surface area contributed by atoms with E-state index < -0.39 is 0 Å². The fraction of sp³-hybridized carbons (Fsp3) is 0.200. The zero-order chi connectivity index (χ0) is 28.2. The minimum Gasteiger partial charge on any atom is -0.494 e. The van der Waals surface area contributed by atoms with Gasteiger partial charge in [-0.15, -0.1) is 0 Å². The molecule has 200 valence electrons. The van der Waals surface area contributed by atoms with Crippen LogP contribution < -0.4 is 10.1 Å². The van der Waals surface area contributed by atoms with E-state index in [1.165, 1.54) is 16.8 Å². The molecule has 0 bridgehead atoms. The molecule has 0 radical (unpaired) electrons. The second-order valence-electron chi connectivity index (χ2n) is 10.1. The van der Waals surface area contributed by atoms with Crippen LogP contribution in [0.5, 0.6) is 5.75 Å². The van der Waals surface area contributed by atoms with Crippen LogP contribution in [0.4, 0.5) is 0 Å². The fourth-order valence-electron chi connectivity index (χ4n) is 5.20. The van der Waals surface area contributed by atoms with Crippen molar-refractivity contribution in [2.45, 2.75) is 40.3 Å². The van der Waals surface area contributed by atoms with E-state index in [-0.39, 0.29) is 11.9 Å². The Morgan fingerprint density at radius 1 is 0.975 bits per heavy atom. The van der Waals surface area contributed by atoms with Gasteiger partial charge in [0.2, 0.25) is 0 Å². The lowest BCUT2D eigenvalue weighted by atomic mass is 9.99. The van der Waals surface area contributed by atoms with Gasteiger partial charge in [-0.1, -0.05) is 54.6 Å². The van der Waals surface area contributed by atoms with Crippen LogP contribution in [0.2, 0.25) is 0 Å². The maximum Gasteiger partial charge on any atom is 0.251 e. The molecule has 0 aliphatic heterocycles. The van der Waals surface area contributed by atoms with Crippen molar-refractivity contribution < 1.29 is 9.53 Å². The normalized spacial score (nSPS) is 11.7. The molecule has 5 rings (SSSR count). The van der Waals surface area contributed by atoms with Crippen molar-refractivity contribution in [3.63, 3.8) is 0 Å². The van der Waals surface area contributed by atoms with Crippen molar-refractivity contribution in [1.82, 2.24) is 9.88 Å². The quantitative estimate of drug-likeness (QED) is 0.224. The van der Waals surface area contributed by atoms with Crippen LogP contribution in [0.3, 0.4) is 0 Å². The number of hydrogen-bond donors (Lipinski definition) is 1. The lowest BCUT2D eigenvalue weighted by Crippen LogP contribution is -2.26. The summed E-state index contributed by atoms with van der Waals surface area (Å²) in [7, 11) is 0. The predicted molar refractivity (Wildman–Crippen MR) is 161 cm³/mol. The first-order chi connectivity index (χ1) is 19.4. The van der Waals surface area contributed by atoms with Gasteiger partial charge in [0.25, 0.3) is 5.91 Å². The maximum atomic E-state index is 13.2. The Labute approximate surface area is 235 Å². The summed E-state index contributed by atoms with van der Waals surface area (Å²) in [5.74, 6) is 0.700. The van der Waals surface area contributed by atoms with Crippen molar-refractivity contribution in [2.75, 3.05) is 6.61 Å². The summed E-state index contributed by atoms with van der Waals surface area (Å²) in [6.07, 6.45) is 0. The molecule has 0 aliphatic carbocycles. The molecular formula is C35H33N3O2. The molecular weight excluding hydrogens is 494 g/mol. The average molecular weight is 528 g/mol. The van der Waals surface area contributed by atoms with Crippen LogP contribution in [0, 0.1) is 25.2 Å². The molecule has 1 amide bonds. The number of fused-ring (bicyclic) bond motifs is 1. The van der Waals surface area contributed by atoms with Gasteiger partial charge in [-0.2, -0.15) is 5.26 Å². The Morgan fingerprint density at radius 3 is 2.50 bits per heavy atom. The number of aryl methyl sites for hydroxylation is 1. The molecule has 5 aromatic rings. The van der Waals surface area contributed by atoms with Crippen molar-refractivity contribution in [3.05, 3.63) is 125 Å². The van der Waals surface area contributed by atoms with E-state index in [9.17, 15) is 10.1 Å². The van der Waals surface area contributed by atoms with Crippen LogP contribution in [0.25, 0.3) is 22.0 Å². The van der Waals surface area contributed by atoms with Gasteiger partial charge < -0.3 is 14.6 Å². The molecule has 0 aliphatic rings. The van der Waals surface area contributed by atoms with Crippen LogP contribution in [-0.2, 0) is 6.54 Å². The molecule has 0 spiro atoms. The topological polar surface area (TPSA) is 67.0 Å². The van der Waals surface area contributed by atoms with Crippen LogP contribution in [0.1, 0.15) is 58.2 Å². The summed E-state index contributed by atoms with van der Waals surface area (Å²) in [5, 5.41) is 13.7. The molecule has 40 heavy (non-hydrogen) atoms. The highest BCUT2D eigenvalue weighted by molar-refractivity contribution is 5.99. The number of aromatic nitrogens is 1. The number of ether oxygens (including phenoxy) is 1. The largest absolute Gasteiger partial charge is 0.494 e. The summed E-state index contributed by atoms with van der Waals surface area (Å²) in [5.41, 5.74) is 8.89. The van der Waals surface area contributed by atoms with Gasteiger partial charge >= 0.3 is 0 Å². The van der Waals surface area contributed by atoms with E-state index in [2.05, 4.69) is 54.1 Å². The number of benzene rings is 4. The summed E-state index contributed by atoms with van der Waals surface area (Å²) >= 11 is 0. The minimum absolute atomic E-state index is 0.103. The van der Waals surface area contributed by atoms with E-state index in [1.54, 1.807) is 0 Å². The lowest BCUT2D eigenvalue weighted by molar-refractivity contribution is 0.0940. The van der Waals surface area contributed by atoms with Crippen molar-refractivity contribution in [3.8, 4) is 22.9 Å². The highest BCUT2D eigenvalue weighted by atomic mass is 16.5. The molecule has 4 aromatic carbocycles. The number of rotatable bonds is 8. The second-order valence-corrected chi connectivity index (χ2v) is 10.1. The number of hydrogen-bond acceptors (Lipinski definition) is 3. The predicted octanol–water partition coefficient (Wildman–Crippen LogP) is 7.73. The third-order valence-corrected chi connectivity index (χ3v) is 7.57. The van der Waals surface area contributed by atoms with Gasteiger partial charge in [0.1, 0.15) is 5.75 Å². The van der Waals surface area contributed by atoms with E-state index in [0.29, 0.717) is 17.7 Å². The molecule has 5 heteroatoms.